The third-order valence-electron chi connectivity index (χ3n) is 7.66. The van der Waals surface area contributed by atoms with Gasteiger partial charge >= 0.3 is 6.36 Å². The van der Waals surface area contributed by atoms with Crippen LogP contribution in [0.15, 0.2) is 47.0 Å². The first-order valence-electron chi connectivity index (χ1n) is 12.7. The van der Waals surface area contributed by atoms with Crippen molar-refractivity contribution >= 4 is 5.69 Å². The van der Waals surface area contributed by atoms with Gasteiger partial charge in [-0.1, -0.05) is 17.3 Å². The van der Waals surface area contributed by atoms with Crippen LogP contribution in [0.3, 0.4) is 0 Å². The molecule has 0 amide bonds. The number of nitriles is 1. The average molecular weight is 528 g/mol. The predicted octanol–water partition coefficient (Wildman–Crippen LogP) is 6.84. The van der Waals surface area contributed by atoms with Crippen LogP contribution >= 0.6 is 0 Å². The molecule has 0 radical (unpaired) electrons. The molecule has 0 spiro atoms. The summed E-state index contributed by atoms with van der Waals surface area (Å²) < 4.78 is 69.6. The SMILES string of the molecule is N#Cc1ccc(N2C3CCC2CC(OCc2c(-c4ccccc4OC(F)(F)F)noc2C2CC2)C3)cc1F. The van der Waals surface area contributed by atoms with Crippen molar-refractivity contribution in [2.45, 2.75) is 75.6 Å². The van der Waals surface area contributed by atoms with Crippen LogP contribution in [0.1, 0.15) is 61.3 Å². The fourth-order valence-electron chi connectivity index (χ4n) is 5.86. The van der Waals surface area contributed by atoms with Crippen LogP contribution in [0, 0.1) is 17.1 Å². The maximum atomic E-state index is 14.3. The lowest BCUT2D eigenvalue weighted by Crippen LogP contribution is -2.45. The summed E-state index contributed by atoms with van der Waals surface area (Å²) in [7, 11) is 0. The van der Waals surface area contributed by atoms with Gasteiger partial charge in [0.15, 0.2) is 0 Å². The molecule has 2 unspecified atom stereocenters. The number of ether oxygens (including phenoxy) is 2. The lowest BCUT2D eigenvalue weighted by molar-refractivity contribution is -0.274. The monoisotopic (exact) mass is 527 g/mol. The van der Waals surface area contributed by atoms with E-state index in [1.165, 1.54) is 30.3 Å². The molecule has 2 aliphatic heterocycles. The van der Waals surface area contributed by atoms with Crippen molar-refractivity contribution in [3.63, 3.8) is 0 Å². The Morgan fingerprint density at radius 2 is 1.79 bits per heavy atom. The number of rotatable bonds is 7. The van der Waals surface area contributed by atoms with E-state index in [1.54, 1.807) is 12.1 Å². The van der Waals surface area contributed by atoms with E-state index in [0.29, 0.717) is 17.0 Å². The summed E-state index contributed by atoms with van der Waals surface area (Å²) in [6, 6.07) is 12.9. The average Bonchev–Trinajstić information content (AvgIpc) is 3.58. The molecule has 6 nitrogen and oxygen atoms in total. The van der Waals surface area contributed by atoms with Crippen molar-refractivity contribution in [1.82, 2.24) is 5.16 Å². The number of aromatic nitrogens is 1. The summed E-state index contributed by atoms with van der Waals surface area (Å²) in [5.74, 6) is -0.00632. The second-order valence-electron chi connectivity index (χ2n) is 10.2. The number of nitrogens with zero attached hydrogens (tertiary/aromatic N) is 3. The van der Waals surface area contributed by atoms with Crippen LogP contribution in [0.5, 0.6) is 5.75 Å². The Morgan fingerprint density at radius 3 is 2.45 bits per heavy atom. The molecule has 2 aromatic carbocycles. The van der Waals surface area contributed by atoms with Gasteiger partial charge in [0.25, 0.3) is 0 Å². The van der Waals surface area contributed by atoms with Crippen LogP contribution in [0.4, 0.5) is 23.2 Å². The van der Waals surface area contributed by atoms with E-state index in [4.69, 9.17) is 14.5 Å². The number of hydrogen-bond acceptors (Lipinski definition) is 6. The van der Waals surface area contributed by atoms with E-state index in [9.17, 15) is 17.6 Å². The van der Waals surface area contributed by atoms with Gasteiger partial charge in [-0.25, -0.2) is 4.39 Å². The molecule has 1 aliphatic carbocycles. The Kier molecular flexibility index (Phi) is 6.26. The topological polar surface area (TPSA) is 71.5 Å². The summed E-state index contributed by atoms with van der Waals surface area (Å²) in [5, 5.41) is 13.2. The minimum Gasteiger partial charge on any atom is -0.405 e. The molecule has 38 heavy (non-hydrogen) atoms. The third kappa shape index (κ3) is 4.83. The molecule has 6 rings (SSSR count). The van der Waals surface area contributed by atoms with Crippen LogP contribution < -0.4 is 9.64 Å². The van der Waals surface area contributed by atoms with Gasteiger partial charge in [0.05, 0.1) is 18.3 Å². The van der Waals surface area contributed by atoms with E-state index < -0.39 is 12.2 Å². The molecule has 10 heteroatoms. The van der Waals surface area contributed by atoms with Gasteiger partial charge < -0.3 is 18.9 Å². The van der Waals surface area contributed by atoms with E-state index in [0.717, 1.165) is 44.2 Å². The minimum atomic E-state index is -4.83. The van der Waals surface area contributed by atoms with E-state index in [-0.39, 0.29) is 47.6 Å². The molecule has 3 aliphatic rings. The highest BCUT2D eigenvalue weighted by atomic mass is 19.4. The Morgan fingerprint density at radius 1 is 1.05 bits per heavy atom. The van der Waals surface area contributed by atoms with Gasteiger partial charge in [-0.15, -0.1) is 13.2 Å². The standard InChI is InChI=1S/C28H25F4N3O3/c29-24-13-20(8-7-17(24)14-33)35-18-9-10-19(35)12-21(11-18)36-15-23-26(34-38-27(23)16-5-6-16)22-3-1-2-4-25(22)37-28(30,31)32/h1-4,7-8,13,16,18-19,21H,5-6,9-12,15H2. The normalized spacial score (nSPS) is 22.9. The van der Waals surface area contributed by atoms with Crippen LogP contribution in [-0.2, 0) is 11.3 Å². The highest BCUT2D eigenvalue weighted by Gasteiger charge is 2.42. The summed E-state index contributed by atoms with van der Waals surface area (Å²) in [6.07, 6.45) is 0.374. The second-order valence-corrected chi connectivity index (χ2v) is 10.2. The first-order chi connectivity index (χ1) is 18.3. The number of benzene rings is 2. The first kappa shape index (κ1) is 24.7. The highest BCUT2D eigenvalue weighted by molar-refractivity contribution is 5.70. The zero-order valence-corrected chi connectivity index (χ0v) is 20.4. The maximum Gasteiger partial charge on any atom is 0.573 e. The van der Waals surface area contributed by atoms with E-state index in [1.807, 2.05) is 6.07 Å². The number of halogens is 4. The van der Waals surface area contributed by atoms with Crippen molar-refractivity contribution in [2.75, 3.05) is 4.90 Å². The van der Waals surface area contributed by atoms with Gasteiger partial charge in [-0.05, 0) is 68.9 Å². The third-order valence-corrected chi connectivity index (χ3v) is 7.66. The fourth-order valence-corrected chi connectivity index (χ4v) is 5.86. The molecule has 2 atom stereocenters. The zero-order chi connectivity index (χ0) is 26.4. The summed E-state index contributed by atoms with van der Waals surface area (Å²) in [5.41, 5.74) is 1.97. The molecule has 0 N–H and O–H groups in total. The van der Waals surface area contributed by atoms with Crippen LogP contribution in [-0.4, -0.2) is 29.7 Å². The molecule has 3 fully saturated rings. The molecule has 2 bridgehead atoms. The number of fused-ring (bicyclic) bond motifs is 2. The number of alkyl halides is 3. The number of para-hydroxylation sites is 1. The Labute approximate surface area is 216 Å². The molecule has 1 saturated carbocycles. The van der Waals surface area contributed by atoms with Gasteiger partial charge in [0.1, 0.15) is 29.1 Å². The number of anilines is 1. The summed E-state index contributed by atoms with van der Waals surface area (Å²) in [6.45, 7) is 0.167. The van der Waals surface area contributed by atoms with Gasteiger partial charge in [0, 0.05) is 34.8 Å². The molecule has 3 heterocycles. The predicted molar refractivity (Wildman–Crippen MR) is 129 cm³/mol. The van der Waals surface area contributed by atoms with Crippen LogP contribution in [0.25, 0.3) is 11.3 Å². The smallest absolute Gasteiger partial charge is 0.405 e. The molecular weight excluding hydrogens is 502 g/mol. The van der Waals surface area contributed by atoms with E-state index >= 15 is 0 Å². The molecule has 1 aromatic heterocycles. The van der Waals surface area contributed by atoms with Crippen molar-refractivity contribution < 1.29 is 31.6 Å². The summed E-state index contributed by atoms with van der Waals surface area (Å²) >= 11 is 0. The number of piperidine rings is 1. The van der Waals surface area contributed by atoms with E-state index in [2.05, 4.69) is 14.8 Å². The summed E-state index contributed by atoms with van der Waals surface area (Å²) in [4.78, 5) is 2.23. The zero-order valence-electron chi connectivity index (χ0n) is 20.4. The number of hydrogen-bond donors (Lipinski definition) is 0. The lowest BCUT2D eigenvalue weighted by atomic mass is 9.98. The van der Waals surface area contributed by atoms with Crippen LogP contribution in [0.2, 0.25) is 0 Å². The van der Waals surface area contributed by atoms with Crippen molar-refractivity contribution in [1.29, 1.82) is 5.26 Å². The first-order valence-corrected chi connectivity index (χ1v) is 12.7. The van der Waals surface area contributed by atoms with Gasteiger partial charge in [-0.2, -0.15) is 5.26 Å². The van der Waals surface area contributed by atoms with Crippen molar-refractivity contribution in [3.05, 3.63) is 65.2 Å². The van der Waals surface area contributed by atoms with Gasteiger partial charge in [0.2, 0.25) is 0 Å². The molecule has 2 saturated heterocycles. The van der Waals surface area contributed by atoms with Crippen molar-refractivity contribution in [3.8, 4) is 23.1 Å². The quantitative estimate of drug-likeness (QED) is 0.313. The minimum absolute atomic E-state index is 0.0255. The largest absolute Gasteiger partial charge is 0.573 e. The Balaban J connectivity index is 1.20. The Bertz CT molecular complexity index is 1360. The lowest BCUT2D eigenvalue weighted by Gasteiger charge is -2.40. The Hall–Kier alpha value is -3.58. The van der Waals surface area contributed by atoms with Crippen molar-refractivity contribution in [2.24, 2.45) is 0 Å². The second kappa shape index (κ2) is 9.62. The molecule has 3 aromatic rings. The molecule has 198 valence electrons. The fraction of sp³-hybridized carbons (Fsp3) is 0.429. The highest BCUT2D eigenvalue weighted by Crippen LogP contribution is 2.46. The van der Waals surface area contributed by atoms with Gasteiger partial charge in [-0.3, -0.25) is 0 Å². The molecular formula is C28H25F4N3O3. The maximum absolute atomic E-state index is 14.3.